The van der Waals surface area contributed by atoms with Crippen LogP contribution in [0.4, 0.5) is 19.0 Å². The van der Waals surface area contributed by atoms with Gasteiger partial charge in [0.05, 0.1) is 5.56 Å². The van der Waals surface area contributed by atoms with Crippen molar-refractivity contribution in [2.75, 3.05) is 11.9 Å². The molecule has 0 aliphatic heterocycles. The standard InChI is InChI=1S/C12H15F3N4/c1-2-3-9(7-17)18-11-8(6-16)4-5-10(19-11)12(13,14)15/h4-5,9H,2-3,7,17H2,1H3,(H,18,19). The highest BCUT2D eigenvalue weighted by Crippen LogP contribution is 2.29. The highest BCUT2D eigenvalue weighted by Gasteiger charge is 2.33. The molecule has 19 heavy (non-hydrogen) atoms. The van der Waals surface area contributed by atoms with Crippen LogP contribution in [0, 0.1) is 11.3 Å². The molecule has 104 valence electrons. The first-order chi connectivity index (χ1) is 8.92. The van der Waals surface area contributed by atoms with Crippen LogP contribution in [0.3, 0.4) is 0 Å². The second kappa shape index (κ2) is 6.38. The second-order valence-corrected chi connectivity index (χ2v) is 4.07. The highest BCUT2D eigenvalue weighted by atomic mass is 19.4. The SMILES string of the molecule is CCCC(CN)Nc1nc(C(F)(F)F)ccc1C#N. The van der Waals surface area contributed by atoms with E-state index in [1.165, 1.54) is 0 Å². The average Bonchev–Trinajstić information content (AvgIpc) is 2.37. The van der Waals surface area contributed by atoms with Crippen LogP contribution < -0.4 is 11.1 Å². The third-order valence-electron chi connectivity index (χ3n) is 2.57. The summed E-state index contributed by atoms with van der Waals surface area (Å²) in [7, 11) is 0. The lowest BCUT2D eigenvalue weighted by Crippen LogP contribution is -2.29. The number of nitrogens with two attached hydrogens (primary N) is 1. The van der Waals surface area contributed by atoms with E-state index in [1.807, 2.05) is 13.0 Å². The van der Waals surface area contributed by atoms with Gasteiger partial charge in [0.1, 0.15) is 17.6 Å². The van der Waals surface area contributed by atoms with Crippen molar-refractivity contribution in [3.63, 3.8) is 0 Å². The molecule has 1 atom stereocenters. The van der Waals surface area contributed by atoms with Crippen molar-refractivity contribution in [3.8, 4) is 6.07 Å². The third kappa shape index (κ3) is 4.10. The number of nitrogens with one attached hydrogen (secondary N) is 1. The number of pyridine rings is 1. The molecule has 7 heteroatoms. The van der Waals surface area contributed by atoms with Crippen molar-refractivity contribution >= 4 is 5.82 Å². The Morgan fingerprint density at radius 1 is 1.47 bits per heavy atom. The summed E-state index contributed by atoms with van der Waals surface area (Å²) in [4.78, 5) is 3.47. The predicted octanol–water partition coefficient (Wildman–Crippen LogP) is 2.51. The van der Waals surface area contributed by atoms with Crippen molar-refractivity contribution in [1.29, 1.82) is 5.26 Å². The van der Waals surface area contributed by atoms with Gasteiger partial charge >= 0.3 is 6.18 Å². The molecular weight excluding hydrogens is 257 g/mol. The van der Waals surface area contributed by atoms with E-state index in [2.05, 4.69) is 10.3 Å². The molecule has 1 aromatic heterocycles. The molecule has 0 radical (unpaired) electrons. The van der Waals surface area contributed by atoms with E-state index < -0.39 is 11.9 Å². The Balaban J connectivity index is 3.06. The maximum Gasteiger partial charge on any atom is 0.433 e. The van der Waals surface area contributed by atoms with E-state index in [1.54, 1.807) is 0 Å². The number of alkyl halides is 3. The lowest BCUT2D eigenvalue weighted by atomic mass is 10.1. The number of anilines is 1. The van der Waals surface area contributed by atoms with Gasteiger partial charge in [-0.3, -0.25) is 0 Å². The van der Waals surface area contributed by atoms with Crippen molar-refractivity contribution < 1.29 is 13.2 Å². The molecule has 1 unspecified atom stereocenters. The summed E-state index contributed by atoms with van der Waals surface area (Å²) in [6, 6.07) is 3.51. The largest absolute Gasteiger partial charge is 0.433 e. The van der Waals surface area contributed by atoms with Crippen LogP contribution in [-0.4, -0.2) is 17.6 Å². The number of hydrogen-bond donors (Lipinski definition) is 2. The van der Waals surface area contributed by atoms with E-state index >= 15 is 0 Å². The molecule has 0 bridgehead atoms. The Kier molecular flexibility index (Phi) is 5.12. The molecule has 1 rings (SSSR count). The van der Waals surface area contributed by atoms with E-state index in [0.717, 1.165) is 18.6 Å². The first-order valence-electron chi connectivity index (χ1n) is 5.87. The molecular formula is C12H15F3N4. The van der Waals surface area contributed by atoms with E-state index in [9.17, 15) is 13.2 Å². The number of nitriles is 1. The maximum absolute atomic E-state index is 12.6. The van der Waals surface area contributed by atoms with Gasteiger partial charge in [-0.15, -0.1) is 0 Å². The van der Waals surface area contributed by atoms with Gasteiger partial charge in [0.15, 0.2) is 0 Å². The van der Waals surface area contributed by atoms with Crippen LogP contribution in [0.5, 0.6) is 0 Å². The van der Waals surface area contributed by atoms with Crippen molar-refractivity contribution in [3.05, 3.63) is 23.4 Å². The van der Waals surface area contributed by atoms with Gasteiger partial charge < -0.3 is 11.1 Å². The minimum Gasteiger partial charge on any atom is -0.365 e. The number of aromatic nitrogens is 1. The third-order valence-corrected chi connectivity index (χ3v) is 2.57. The summed E-state index contributed by atoms with van der Waals surface area (Å²) in [5.74, 6) is -0.0683. The molecule has 3 N–H and O–H groups in total. The van der Waals surface area contributed by atoms with Crippen LogP contribution in [0.25, 0.3) is 0 Å². The quantitative estimate of drug-likeness (QED) is 0.863. The van der Waals surface area contributed by atoms with Gasteiger partial charge in [0, 0.05) is 12.6 Å². The molecule has 1 aromatic rings. The summed E-state index contributed by atoms with van der Waals surface area (Å²) in [6.07, 6.45) is -3.01. The molecule has 0 saturated heterocycles. The monoisotopic (exact) mass is 272 g/mol. The zero-order valence-electron chi connectivity index (χ0n) is 10.5. The Hall–Kier alpha value is -1.81. The molecule has 0 fully saturated rings. The summed E-state index contributed by atoms with van der Waals surface area (Å²) >= 11 is 0. The van der Waals surface area contributed by atoms with Crippen LogP contribution >= 0.6 is 0 Å². The van der Waals surface area contributed by atoms with Crippen molar-refractivity contribution in [1.82, 2.24) is 4.98 Å². The lowest BCUT2D eigenvalue weighted by molar-refractivity contribution is -0.141. The zero-order chi connectivity index (χ0) is 14.5. The smallest absolute Gasteiger partial charge is 0.365 e. The van der Waals surface area contributed by atoms with Gasteiger partial charge in [0.25, 0.3) is 0 Å². The molecule has 0 amide bonds. The minimum atomic E-state index is -4.53. The molecule has 4 nitrogen and oxygen atoms in total. The zero-order valence-corrected chi connectivity index (χ0v) is 10.5. The number of nitrogens with zero attached hydrogens (tertiary/aromatic N) is 2. The molecule has 0 aliphatic rings. The van der Waals surface area contributed by atoms with Gasteiger partial charge in [-0.25, -0.2) is 4.98 Å². The van der Waals surface area contributed by atoms with E-state index in [0.29, 0.717) is 6.42 Å². The normalized spacial score (nSPS) is 12.8. The minimum absolute atomic E-state index is 0.0683. The summed E-state index contributed by atoms with van der Waals surface area (Å²) in [6.45, 7) is 2.20. The molecule has 0 spiro atoms. The van der Waals surface area contributed by atoms with Crippen LogP contribution in [-0.2, 0) is 6.18 Å². The predicted molar refractivity (Wildman–Crippen MR) is 65.3 cm³/mol. The molecule has 1 heterocycles. The van der Waals surface area contributed by atoms with Crippen molar-refractivity contribution in [2.24, 2.45) is 5.73 Å². The van der Waals surface area contributed by atoms with Gasteiger partial charge in [-0.05, 0) is 18.6 Å². The molecule has 0 aromatic carbocycles. The Morgan fingerprint density at radius 3 is 2.63 bits per heavy atom. The Bertz CT molecular complexity index is 465. The fourth-order valence-electron chi connectivity index (χ4n) is 1.61. The first-order valence-corrected chi connectivity index (χ1v) is 5.87. The summed E-state index contributed by atoms with van der Waals surface area (Å²) in [5.41, 5.74) is 4.57. The fourth-order valence-corrected chi connectivity index (χ4v) is 1.61. The van der Waals surface area contributed by atoms with E-state index in [-0.39, 0.29) is 24.0 Å². The van der Waals surface area contributed by atoms with Crippen LogP contribution in [0.15, 0.2) is 12.1 Å². The fraction of sp³-hybridized carbons (Fsp3) is 0.500. The summed E-state index contributed by atoms with van der Waals surface area (Å²) in [5, 5.41) is 11.7. The van der Waals surface area contributed by atoms with Gasteiger partial charge in [0.2, 0.25) is 0 Å². The maximum atomic E-state index is 12.6. The Labute approximate surface area is 109 Å². The topological polar surface area (TPSA) is 74.7 Å². The highest BCUT2D eigenvalue weighted by molar-refractivity contribution is 5.53. The summed E-state index contributed by atoms with van der Waals surface area (Å²) < 4.78 is 37.7. The Morgan fingerprint density at radius 2 is 2.16 bits per heavy atom. The molecule has 0 saturated carbocycles. The average molecular weight is 272 g/mol. The number of rotatable bonds is 5. The van der Waals surface area contributed by atoms with Crippen LogP contribution in [0.1, 0.15) is 31.0 Å². The van der Waals surface area contributed by atoms with Crippen LogP contribution in [0.2, 0.25) is 0 Å². The van der Waals surface area contributed by atoms with Crippen molar-refractivity contribution in [2.45, 2.75) is 32.0 Å². The number of halogens is 3. The molecule has 0 aliphatic carbocycles. The second-order valence-electron chi connectivity index (χ2n) is 4.07. The van der Waals surface area contributed by atoms with Gasteiger partial charge in [-0.2, -0.15) is 18.4 Å². The lowest BCUT2D eigenvalue weighted by Gasteiger charge is -2.18. The number of hydrogen-bond acceptors (Lipinski definition) is 4. The first kappa shape index (κ1) is 15.2. The van der Waals surface area contributed by atoms with E-state index in [4.69, 9.17) is 11.0 Å². The van der Waals surface area contributed by atoms with Gasteiger partial charge in [-0.1, -0.05) is 13.3 Å².